The Morgan fingerprint density at radius 3 is 2.79 bits per heavy atom. The Labute approximate surface area is 118 Å². The molecular formula is C13H19NO3S2. The van der Waals surface area contributed by atoms with Gasteiger partial charge in [0.05, 0.1) is 16.4 Å². The van der Waals surface area contributed by atoms with Crippen LogP contribution in [0.15, 0.2) is 6.07 Å². The summed E-state index contributed by atoms with van der Waals surface area (Å²) in [7, 11) is -2.86. The van der Waals surface area contributed by atoms with E-state index in [1.54, 1.807) is 0 Å². The zero-order chi connectivity index (χ0) is 14.0. The normalized spacial score (nSPS) is 21.5. The molecule has 19 heavy (non-hydrogen) atoms. The third-order valence-corrected chi connectivity index (χ3v) is 6.66. The van der Waals surface area contributed by atoms with Gasteiger partial charge in [-0.1, -0.05) is 6.92 Å². The van der Waals surface area contributed by atoms with Gasteiger partial charge in [-0.05, 0) is 37.3 Å². The van der Waals surface area contributed by atoms with E-state index in [-0.39, 0.29) is 23.3 Å². The van der Waals surface area contributed by atoms with E-state index in [0.29, 0.717) is 13.0 Å². The maximum absolute atomic E-state index is 12.0. The summed E-state index contributed by atoms with van der Waals surface area (Å²) in [5.74, 6) is 0.445. The van der Waals surface area contributed by atoms with Crippen LogP contribution in [0.3, 0.4) is 0 Å². The van der Waals surface area contributed by atoms with Gasteiger partial charge >= 0.3 is 0 Å². The molecule has 0 bridgehead atoms. The SMILES string of the molecule is CCc1sc(C(=O)NCC2CCS(=O)(=O)C2)cc1C. The van der Waals surface area contributed by atoms with Gasteiger partial charge in [0, 0.05) is 11.4 Å². The Balaban J connectivity index is 1.91. The lowest BCUT2D eigenvalue weighted by Gasteiger charge is -2.08. The lowest BCUT2D eigenvalue weighted by Crippen LogP contribution is -2.29. The molecule has 1 aliphatic rings. The summed E-state index contributed by atoms with van der Waals surface area (Å²) in [5.41, 5.74) is 1.15. The first-order valence-corrected chi connectivity index (χ1v) is 9.13. The Bertz CT molecular complexity index is 575. The quantitative estimate of drug-likeness (QED) is 0.922. The molecule has 0 saturated carbocycles. The topological polar surface area (TPSA) is 63.2 Å². The second-order valence-electron chi connectivity index (χ2n) is 5.05. The van der Waals surface area contributed by atoms with Gasteiger partial charge < -0.3 is 5.32 Å². The van der Waals surface area contributed by atoms with Crippen molar-refractivity contribution in [1.82, 2.24) is 5.32 Å². The lowest BCUT2D eigenvalue weighted by molar-refractivity contribution is 0.0952. The molecule has 1 amide bonds. The van der Waals surface area contributed by atoms with Gasteiger partial charge in [0.15, 0.2) is 9.84 Å². The lowest BCUT2D eigenvalue weighted by atomic mass is 10.1. The smallest absolute Gasteiger partial charge is 0.261 e. The predicted octanol–water partition coefficient (Wildman–Crippen LogP) is 1.78. The number of hydrogen-bond donors (Lipinski definition) is 1. The van der Waals surface area contributed by atoms with E-state index in [2.05, 4.69) is 12.2 Å². The number of hydrogen-bond acceptors (Lipinski definition) is 4. The predicted molar refractivity (Wildman–Crippen MR) is 77.5 cm³/mol. The Morgan fingerprint density at radius 1 is 1.53 bits per heavy atom. The van der Waals surface area contributed by atoms with Crippen LogP contribution in [0.2, 0.25) is 0 Å². The van der Waals surface area contributed by atoms with Crippen molar-refractivity contribution in [2.75, 3.05) is 18.1 Å². The molecule has 1 unspecified atom stereocenters. The first-order valence-electron chi connectivity index (χ1n) is 6.49. The molecule has 1 saturated heterocycles. The van der Waals surface area contributed by atoms with Crippen LogP contribution in [-0.4, -0.2) is 32.4 Å². The molecule has 1 aromatic heterocycles. The van der Waals surface area contributed by atoms with Gasteiger partial charge in [0.2, 0.25) is 0 Å². The summed E-state index contributed by atoms with van der Waals surface area (Å²) in [6.07, 6.45) is 1.59. The number of carbonyl (C=O) groups excluding carboxylic acids is 1. The Hall–Kier alpha value is -0.880. The van der Waals surface area contributed by atoms with Crippen LogP contribution in [0.25, 0.3) is 0 Å². The molecule has 0 aromatic carbocycles. The molecule has 0 aliphatic carbocycles. The van der Waals surface area contributed by atoms with E-state index in [4.69, 9.17) is 0 Å². The van der Waals surface area contributed by atoms with Crippen LogP contribution >= 0.6 is 11.3 Å². The van der Waals surface area contributed by atoms with E-state index in [1.165, 1.54) is 16.2 Å². The molecule has 1 aromatic rings. The molecule has 2 rings (SSSR count). The number of thiophene rings is 1. The maximum atomic E-state index is 12.0. The highest BCUT2D eigenvalue weighted by Gasteiger charge is 2.28. The highest BCUT2D eigenvalue weighted by molar-refractivity contribution is 7.91. The van der Waals surface area contributed by atoms with E-state index in [9.17, 15) is 13.2 Å². The number of rotatable bonds is 4. The van der Waals surface area contributed by atoms with Gasteiger partial charge in [-0.2, -0.15) is 0 Å². The first-order chi connectivity index (χ1) is 8.91. The van der Waals surface area contributed by atoms with Crippen molar-refractivity contribution >= 4 is 27.1 Å². The van der Waals surface area contributed by atoms with Crippen molar-refractivity contribution in [3.63, 3.8) is 0 Å². The molecule has 4 nitrogen and oxygen atoms in total. The monoisotopic (exact) mass is 301 g/mol. The van der Waals surface area contributed by atoms with Gasteiger partial charge in [0.25, 0.3) is 5.91 Å². The number of nitrogens with one attached hydrogen (secondary N) is 1. The second kappa shape index (κ2) is 5.63. The number of sulfone groups is 1. The Kier molecular flexibility index (Phi) is 4.30. The third kappa shape index (κ3) is 3.57. The van der Waals surface area contributed by atoms with Crippen LogP contribution in [0.5, 0.6) is 0 Å². The number of carbonyl (C=O) groups is 1. The van der Waals surface area contributed by atoms with Gasteiger partial charge in [0.1, 0.15) is 0 Å². The standard InChI is InChI=1S/C13H19NO3S2/c1-3-11-9(2)6-12(18-11)13(15)14-7-10-4-5-19(16,17)8-10/h6,10H,3-5,7-8H2,1-2H3,(H,14,15). The summed E-state index contributed by atoms with van der Waals surface area (Å²) in [6.45, 7) is 4.54. The third-order valence-electron chi connectivity index (χ3n) is 3.44. The highest BCUT2D eigenvalue weighted by atomic mass is 32.2. The van der Waals surface area contributed by atoms with Crippen molar-refractivity contribution in [3.05, 3.63) is 21.4 Å². The summed E-state index contributed by atoms with van der Waals surface area (Å²) < 4.78 is 22.7. The Morgan fingerprint density at radius 2 is 2.26 bits per heavy atom. The average molecular weight is 301 g/mol. The fourth-order valence-corrected chi connectivity index (χ4v) is 5.23. The van der Waals surface area contributed by atoms with Gasteiger partial charge in [-0.25, -0.2) is 8.42 Å². The molecule has 0 radical (unpaired) electrons. The van der Waals surface area contributed by atoms with Crippen molar-refractivity contribution in [2.45, 2.75) is 26.7 Å². The molecule has 1 atom stereocenters. The number of aryl methyl sites for hydroxylation is 2. The average Bonchev–Trinajstić information content (AvgIpc) is 2.89. The minimum atomic E-state index is -2.86. The first kappa shape index (κ1) is 14.5. The minimum absolute atomic E-state index is 0.0701. The molecular weight excluding hydrogens is 282 g/mol. The van der Waals surface area contributed by atoms with E-state index < -0.39 is 9.84 Å². The molecule has 106 valence electrons. The van der Waals surface area contributed by atoms with E-state index >= 15 is 0 Å². The highest BCUT2D eigenvalue weighted by Crippen LogP contribution is 2.22. The molecule has 1 aliphatic heterocycles. The fourth-order valence-electron chi connectivity index (χ4n) is 2.34. The fraction of sp³-hybridized carbons (Fsp3) is 0.615. The molecule has 0 spiro atoms. The van der Waals surface area contributed by atoms with E-state index in [0.717, 1.165) is 16.9 Å². The van der Waals surface area contributed by atoms with Crippen molar-refractivity contribution in [1.29, 1.82) is 0 Å². The van der Waals surface area contributed by atoms with Crippen molar-refractivity contribution in [2.24, 2.45) is 5.92 Å². The summed E-state index contributed by atoms with van der Waals surface area (Å²) in [5, 5.41) is 2.85. The molecule has 1 N–H and O–H groups in total. The van der Waals surface area contributed by atoms with Crippen LogP contribution in [0.1, 0.15) is 33.5 Å². The van der Waals surface area contributed by atoms with Crippen LogP contribution in [-0.2, 0) is 16.3 Å². The van der Waals surface area contributed by atoms with E-state index in [1.807, 2.05) is 13.0 Å². The van der Waals surface area contributed by atoms with Crippen molar-refractivity contribution < 1.29 is 13.2 Å². The second-order valence-corrected chi connectivity index (χ2v) is 8.41. The maximum Gasteiger partial charge on any atom is 0.261 e. The summed E-state index contributed by atoms with van der Waals surface area (Å²) in [4.78, 5) is 13.9. The van der Waals surface area contributed by atoms with Crippen LogP contribution < -0.4 is 5.32 Å². The largest absolute Gasteiger partial charge is 0.351 e. The van der Waals surface area contributed by atoms with Gasteiger partial charge in [-0.3, -0.25) is 4.79 Å². The van der Waals surface area contributed by atoms with Crippen LogP contribution in [0, 0.1) is 12.8 Å². The molecule has 1 fully saturated rings. The summed E-state index contributed by atoms with van der Waals surface area (Å²) in [6, 6.07) is 1.91. The van der Waals surface area contributed by atoms with Gasteiger partial charge in [-0.15, -0.1) is 11.3 Å². The molecule has 2 heterocycles. The van der Waals surface area contributed by atoms with Crippen molar-refractivity contribution in [3.8, 4) is 0 Å². The zero-order valence-corrected chi connectivity index (χ0v) is 12.9. The number of amides is 1. The molecule has 6 heteroatoms. The van der Waals surface area contributed by atoms with Crippen LogP contribution in [0.4, 0.5) is 0 Å². The summed E-state index contributed by atoms with van der Waals surface area (Å²) >= 11 is 1.52. The minimum Gasteiger partial charge on any atom is -0.351 e. The zero-order valence-electron chi connectivity index (χ0n) is 11.2.